The predicted molar refractivity (Wildman–Crippen MR) is 102 cm³/mol. The molecule has 0 unspecified atom stereocenters. The standard InChI is InChI=1S/C20H21N5O2/c1-4-6-24-7-5-18(23-24)25-12-17-19(20(25)26)13(2)8-16(22-17)14-9-15(27-3)11-21-10-14/h5,7-11H,4,6,12H2,1-3H3. The van der Waals surface area contributed by atoms with E-state index in [1.54, 1.807) is 24.4 Å². The zero-order chi connectivity index (χ0) is 19.0. The molecule has 0 bridgehead atoms. The van der Waals surface area contributed by atoms with Gasteiger partial charge in [0.15, 0.2) is 5.82 Å². The predicted octanol–water partition coefficient (Wildman–Crippen LogP) is 3.23. The first-order valence-electron chi connectivity index (χ1n) is 8.96. The van der Waals surface area contributed by atoms with Gasteiger partial charge in [0, 0.05) is 30.6 Å². The molecule has 7 nitrogen and oxygen atoms in total. The summed E-state index contributed by atoms with van der Waals surface area (Å²) in [5, 5.41) is 4.52. The Hall–Kier alpha value is -3.22. The molecule has 1 amide bonds. The van der Waals surface area contributed by atoms with Gasteiger partial charge < -0.3 is 4.74 Å². The molecule has 138 valence electrons. The van der Waals surface area contributed by atoms with Gasteiger partial charge in [0.25, 0.3) is 5.91 Å². The summed E-state index contributed by atoms with van der Waals surface area (Å²) in [7, 11) is 1.61. The van der Waals surface area contributed by atoms with Crippen LogP contribution in [-0.4, -0.2) is 32.8 Å². The van der Waals surface area contributed by atoms with Crippen LogP contribution in [0.3, 0.4) is 0 Å². The lowest BCUT2D eigenvalue weighted by atomic mass is 10.1. The maximum atomic E-state index is 12.9. The summed E-state index contributed by atoms with van der Waals surface area (Å²) >= 11 is 0. The van der Waals surface area contributed by atoms with Crippen LogP contribution >= 0.6 is 0 Å². The van der Waals surface area contributed by atoms with Crippen LogP contribution in [0.4, 0.5) is 5.82 Å². The van der Waals surface area contributed by atoms with Crippen molar-refractivity contribution in [3.8, 4) is 17.0 Å². The van der Waals surface area contributed by atoms with E-state index in [9.17, 15) is 4.79 Å². The van der Waals surface area contributed by atoms with Gasteiger partial charge in [-0.1, -0.05) is 6.92 Å². The number of hydrogen-bond donors (Lipinski definition) is 0. The fraction of sp³-hybridized carbons (Fsp3) is 0.300. The van der Waals surface area contributed by atoms with Gasteiger partial charge in [-0.25, -0.2) is 0 Å². The van der Waals surface area contributed by atoms with Gasteiger partial charge in [0.2, 0.25) is 0 Å². The number of rotatable bonds is 5. The summed E-state index contributed by atoms with van der Waals surface area (Å²) in [4.78, 5) is 23.6. The summed E-state index contributed by atoms with van der Waals surface area (Å²) < 4.78 is 7.11. The number of pyridine rings is 2. The van der Waals surface area contributed by atoms with E-state index < -0.39 is 0 Å². The number of methoxy groups -OCH3 is 1. The van der Waals surface area contributed by atoms with Gasteiger partial charge in [-0.2, -0.15) is 5.10 Å². The molecule has 4 heterocycles. The van der Waals surface area contributed by atoms with Crippen molar-refractivity contribution in [3.05, 3.63) is 53.6 Å². The third-order valence-electron chi connectivity index (χ3n) is 4.66. The Morgan fingerprint density at radius 2 is 2.11 bits per heavy atom. The number of fused-ring (bicyclic) bond motifs is 1. The smallest absolute Gasteiger partial charge is 0.262 e. The van der Waals surface area contributed by atoms with E-state index in [1.165, 1.54) is 0 Å². The Morgan fingerprint density at radius 1 is 1.26 bits per heavy atom. The topological polar surface area (TPSA) is 73.1 Å². The van der Waals surface area contributed by atoms with Crippen molar-refractivity contribution in [1.29, 1.82) is 0 Å². The monoisotopic (exact) mass is 363 g/mol. The van der Waals surface area contributed by atoms with Crippen molar-refractivity contribution in [2.24, 2.45) is 0 Å². The van der Waals surface area contributed by atoms with Crippen molar-refractivity contribution < 1.29 is 9.53 Å². The fourth-order valence-electron chi connectivity index (χ4n) is 3.35. The first kappa shape index (κ1) is 17.2. The molecule has 0 aliphatic carbocycles. The fourth-order valence-corrected chi connectivity index (χ4v) is 3.35. The minimum Gasteiger partial charge on any atom is -0.495 e. The normalized spacial score (nSPS) is 13.1. The van der Waals surface area contributed by atoms with E-state index in [4.69, 9.17) is 9.72 Å². The molecule has 0 atom stereocenters. The highest BCUT2D eigenvalue weighted by Gasteiger charge is 2.33. The second kappa shape index (κ2) is 6.83. The summed E-state index contributed by atoms with van der Waals surface area (Å²) in [6, 6.07) is 5.69. The van der Waals surface area contributed by atoms with E-state index in [2.05, 4.69) is 17.0 Å². The van der Waals surface area contributed by atoms with Gasteiger partial charge in [0.1, 0.15) is 5.75 Å². The molecule has 7 heteroatoms. The van der Waals surface area contributed by atoms with E-state index in [-0.39, 0.29) is 5.91 Å². The summed E-state index contributed by atoms with van der Waals surface area (Å²) in [6.45, 7) is 5.29. The minimum atomic E-state index is -0.0490. The van der Waals surface area contributed by atoms with Crippen LogP contribution in [0.2, 0.25) is 0 Å². The summed E-state index contributed by atoms with van der Waals surface area (Å²) in [6.07, 6.45) is 6.30. The first-order chi connectivity index (χ1) is 13.1. The average molecular weight is 363 g/mol. The van der Waals surface area contributed by atoms with Crippen molar-refractivity contribution in [1.82, 2.24) is 19.7 Å². The number of aromatic nitrogens is 4. The molecule has 0 aromatic carbocycles. The highest BCUT2D eigenvalue weighted by Crippen LogP contribution is 2.31. The molecule has 1 aliphatic rings. The number of carbonyl (C=O) groups is 1. The van der Waals surface area contributed by atoms with Gasteiger partial charge in [0.05, 0.1) is 36.8 Å². The van der Waals surface area contributed by atoms with E-state index in [0.29, 0.717) is 23.7 Å². The van der Waals surface area contributed by atoms with E-state index in [0.717, 1.165) is 35.5 Å². The third kappa shape index (κ3) is 3.05. The van der Waals surface area contributed by atoms with E-state index in [1.807, 2.05) is 36.0 Å². The van der Waals surface area contributed by atoms with Gasteiger partial charge >= 0.3 is 0 Å². The highest BCUT2D eigenvalue weighted by molar-refractivity contribution is 6.10. The lowest BCUT2D eigenvalue weighted by molar-refractivity contribution is 0.0995. The van der Waals surface area contributed by atoms with Gasteiger partial charge in [-0.3, -0.25) is 24.3 Å². The molecule has 0 saturated carbocycles. The van der Waals surface area contributed by atoms with Crippen molar-refractivity contribution in [2.45, 2.75) is 33.4 Å². The number of hydrogen-bond acceptors (Lipinski definition) is 5. The largest absolute Gasteiger partial charge is 0.495 e. The summed E-state index contributed by atoms with van der Waals surface area (Å²) in [5.41, 5.74) is 3.98. The zero-order valence-corrected chi connectivity index (χ0v) is 15.6. The minimum absolute atomic E-state index is 0.0490. The maximum Gasteiger partial charge on any atom is 0.262 e. The number of carbonyl (C=O) groups excluding carboxylic acids is 1. The zero-order valence-electron chi connectivity index (χ0n) is 15.6. The Balaban J connectivity index is 1.69. The number of ether oxygens (including phenoxy) is 1. The quantitative estimate of drug-likeness (QED) is 0.696. The SMILES string of the molecule is CCCn1ccc(N2Cc3nc(-c4cncc(OC)c4)cc(C)c3C2=O)n1. The molecule has 0 fully saturated rings. The molecule has 0 N–H and O–H groups in total. The number of nitrogens with zero attached hydrogens (tertiary/aromatic N) is 5. The molecule has 0 saturated heterocycles. The molecular weight excluding hydrogens is 342 g/mol. The molecule has 3 aromatic heterocycles. The molecular formula is C20H21N5O2. The summed E-state index contributed by atoms with van der Waals surface area (Å²) in [5.74, 6) is 1.29. The Morgan fingerprint density at radius 3 is 2.89 bits per heavy atom. The van der Waals surface area contributed by atoms with Crippen molar-refractivity contribution in [3.63, 3.8) is 0 Å². The molecule has 27 heavy (non-hydrogen) atoms. The highest BCUT2D eigenvalue weighted by atomic mass is 16.5. The second-order valence-corrected chi connectivity index (χ2v) is 6.59. The van der Waals surface area contributed by atoms with Gasteiger partial charge in [-0.15, -0.1) is 0 Å². The molecule has 0 spiro atoms. The van der Waals surface area contributed by atoms with Crippen LogP contribution in [0.1, 0.15) is 35.0 Å². The van der Waals surface area contributed by atoms with Crippen LogP contribution in [0.15, 0.2) is 36.8 Å². The average Bonchev–Trinajstić information content (AvgIpc) is 3.26. The van der Waals surface area contributed by atoms with Crippen molar-refractivity contribution in [2.75, 3.05) is 12.0 Å². The van der Waals surface area contributed by atoms with Crippen LogP contribution in [-0.2, 0) is 13.1 Å². The van der Waals surface area contributed by atoms with Crippen LogP contribution < -0.4 is 9.64 Å². The number of aryl methyl sites for hydroxylation is 2. The Labute approximate surface area is 157 Å². The number of amides is 1. The number of anilines is 1. The molecule has 3 aromatic rings. The second-order valence-electron chi connectivity index (χ2n) is 6.59. The van der Waals surface area contributed by atoms with E-state index >= 15 is 0 Å². The van der Waals surface area contributed by atoms with Crippen molar-refractivity contribution >= 4 is 11.7 Å². The van der Waals surface area contributed by atoms with Gasteiger partial charge in [-0.05, 0) is 31.0 Å². The first-order valence-corrected chi connectivity index (χ1v) is 8.96. The molecule has 1 aliphatic heterocycles. The lowest BCUT2D eigenvalue weighted by Crippen LogP contribution is -2.24. The maximum absolute atomic E-state index is 12.9. The molecule has 0 radical (unpaired) electrons. The van der Waals surface area contributed by atoms with Crippen LogP contribution in [0.5, 0.6) is 5.75 Å². The molecule has 4 rings (SSSR count). The van der Waals surface area contributed by atoms with Crippen LogP contribution in [0, 0.1) is 6.92 Å². The Bertz CT molecular complexity index is 1010. The Kier molecular flexibility index (Phi) is 4.35. The third-order valence-corrected chi connectivity index (χ3v) is 4.66. The van der Waals surface area contributed by atoms with Crippen LogP contribution in [0.25, 0.3) is 11.3 Å². The lowest BCUT2D eigenvalue weighted by Gasteiger charge is -2.11.